The smallest absolute Gasteiger partial charge is 0.338 e. The lowest BCUT2D eigenvalue weighted by molar-refractivity contribution is -0.139. The minimum atomic E-state index is -0.760. The number of ether oxygens (including phenoxy) is 2. The number of allylic oxidation sites excluding steroid dienone is 2. The van der Waals surface area contributed by atoms with E-state index in [4.69, 9.17) is 38.4 Å². The average molecular weight is 381 g/mol. The van der Waals surface area contributed by atoms with Crippen LogP contribution in [0.5, 0.6) is 0 Å². The molecule has 0 aromatic heterocycles. The van der Waals surface area contributed by atoms with Crippen molar-refractivity contribution < 1.29 is 14.3 Å². The van der Waals surface area contributed by atoms with Gasteiger partial charge in [-0.15, -0.1) is 0 Å². The third-order valence-corrected chi connectivity index (χ3v) is 4.31. The van der Waals surface area contributed by atoms with Gasteiger partial charge >= 0.3 is 5.97 Å². The molecule has 132 valence electrons. The van der Waals surface area contributed by atoms with Crippen LogP contribution in [0.2, 0.25) is 10.0 Å². The van der Waals surface area contributed by atoms with Crippen LogP contribution >= 0.6 is 23.2 Å². The number of nitrogens with two attached hydrogens (primary N) is 1. The molecule has 0 aliphatic carbocycles. The summed E-state index contributed by atoms with van der Waals surface area (Å²) in [5.74, 6) is -0.949. The minimum Gasteiger partial charge on any atom is -0.463 e. The Morgan fingerprint density at radius 3 is 2.68 bits per heavy atom. The Kier molecular flexibility index (Phi) is 6.35. The van der Waals surface area contributed by atoms with Gasteiger partial charge in [0.25, 0.3) is 0 Å². The predicted octanol–water partition coefficient (Wildman–Crippen LogP) is 4.42. The van der Waals surface area contributed by atoms with Crippen molar-refractivity contribution in [1.82, 2.24) is 0 Å². The van der Waals surface area contributed by atoms with Gasteiger partial charge in [0, 0.05) is 16.5 Å². The Bertz CT molecular complexity index is 794. The molecule has 0 fully saturated rings. The molecule has 1 aliphatic rings. The quantitative estimate of drug-likeness (QED) is 0.764. The molecule has 0 amide bonds. The fourth-order valence-corrected chi connectivity index (χ4v) is 3.23. The average Bonchev–Trinajstić information content (AvgIpc) is 2.55. The predicted molar refractivity (Wildman–Crippen MR) is 95.7 cm³/mol. The largest absolute Gasteiger partial charge is 0.463 e. The van der Waals surface area contributed by atoms with E-state index in [1.165, 1.54) is 0 Å². The molecule has 7 heteroatoms. The van der Waals surface area contributed by atoms with Crippen LogP contribution in [0.15, 0.2) is 41.0 Å². The molecule has 0 unspecified atom stereocenters. The third-order valence-electron chi connectivity index (χ3n) is 3.74. The van der Waals surface area contributed by atoms with Crippen molar-refractivity contribution in [2.75, 3.05) is 6.61 Å². The second kappa shape index (κ2) is 8.28. The summed E-state index contributed by atoms with van der Waals surface area (Å²) in [5, 5.41) is 10.4. The van der Waals surface area contributed by atoms with Crippen LogP contribution in [0.4, 0.5) is 0 Å². The Hall–Kier alpha value is -2.16. The van der Waals surface area contributed by atoms with Crippen LogP contribution in [0.3, 0.4) is 0 Å². The van der Waals surface area contributed by atoms with E-state index >= 15 is 0 Å². The molecule has 1 aromatic carbocycles. The second-order valence-corrected chi connectivity index (χ2v) is 6.24. The summed E-state index contributed by atoms with van der Waals surface area (Å²) in [7, 11) is 0. The normalized spacial score (nSPS) is 17.2. The minimum absolute atomic E-state index is 0.0324. The highest BCUT2D eigenvalue weighted by molar-refractivity contribution is 6.35. The van der Waals surface area contributed by atoms with Gasteiger partial charge in [0.2, 0.25) is 5.88 Å². The first-order valence-corrected chi connectivity index (χ1v) is 8.62. The number of carbonyl (C=O) groups excluding carboxylic acids is 1. The zero-order valence-corrected chi connectivity index (χ0v) is 15.4. The molecule has 0 saturated heterocycles. The molecule has 2 N–H and O–H groups in total. The van der Waals surface area contributed by atoms with Crippen LogP contribution in [0.1, 0.15) is 38.2 Å². The van der Waals surface area contributed by atoms with Crippen molar-refractivity contribution in [2.45, 2.75) is 32.6 Å². The summed E-state index contributed by atoms with van der Waals surface area (Å²) in [6.07, 6.45) is 1.21. The van der Waals surface area contributed by atoms with Gasteiger partial charge in [0.15, 0.2) is 0 Å². The van der Waals surface area contributed by atoms with Gasteiger partial charge in [0.1, 0.15) is 17.4 Å². The molecule has 25 heavy (non-hydrogen) atoms. The van der Waals surface area contributed by atoms with Crippen LogP contribution in [0, 0.1) is 11.3 Å². The van der Waals surface area contributed by atoms with E-state index in [-0.39, 0.29) is 23.6 Å². The lowest BCUT2D eigenvalue weighted by atomic mass is 9.82. The molecule has 2 rings (SSSR count). The third kappa shape index (κ3) is 3.92. The summed E-state index contributed by atoms with van der Waals surface area (Å²) >= 11 is 12.3. The maximum absolute atomic E-state index is 12.6. The lowest BCUT2D eigenvalue weighted by Gasteiger charge is -2.28. The maximum atomic E-state index is 12.6. The molecular weight excluding hydrogens is 363 g/mol. The highest BCUT2D eigenvalue weighted by Gasteiger charge is 2.38. The number of esters is 1. The number of benzene rings is 1. The number of halogens is 2. The van der Waals surface area contributed by atoms with Crippen molar-refractivity contribution in [3.8, 4) is 6.07 Å². The van der Waals surface area contributed by atoms with E-state index in [2.05, 4.69) is 0 Å². The number of hydrogen-bond acceptors (Lipinski definition) is 5. The van der Waals surface area contributed by atoms with Crippen LogP contribution in [-0.4, -0.2) is 12.6 Å². The molecule has 0 radical (unpaired) electrons. The zero-order chi connectivity index (χ0) is 18.6. The molecule has 1 heterocycles. The van der Waals surface area contributed by atoms with Crippen molar-refractivity contribution in [3.63, 3.8) is 0 Å². The first-order chi connectivity index (χ1) is 11.9. The second-order valence-electron chi connectivity index (χ2n) is 5.40. The van der Waals surface area contributed by atoms with E-state index in [0.29, 0.717) is 27.8 Å². The Balaban J connectivity index is 2.71. The van der Waals surface area contributed by atoms with Gasteiger partial charge in [-0.1, -0.05) is 36.2 Å². The molecule has 0 bridgehead atoms. The maximum Gasteiger partial charge on any atom is 0.338 e. The van der Waals surface area contributed by atoms with Gasteiger partial charge in [-0.25, -0.2) is 4.79 Å². The van der Waals surface area contributed by atoms with Crippen molar-refractivity contribution in [3.05, 3.63) is 56.6 Å². The summed E-state index contributed by atoms with van der Waals surface area (Å²) in [5.41, 5.74) is 6.85. The molecule has 0 saturated carbocycles. The van der Waals surface area contributed by atoms with Crippen molar-refractivity contribution in [1.29, 1.82) is 5.26 Å². The molecular formula is C18H18Cl2N2O3. The fraction of sp³-hybridized carbons (Fsp3) is 0.333. The lowest BCUT2D eigenvalue weighted by Crippen LogP contribution is -2.26. The van der Waals surface area contributed by atoms with Crippen LogP contribution in [-0.2, 0) is 14.3 Å². The van der Waals surface area contributed by atoms with Crippen LogP contribution < -0.4 is 5.73 Å². The highest BCUT2D eigenvalue weighted by atomic mass is 35.5. The summed E-state index contributed by atoms with van der Waals surface area (Å²) in [4.78, 5) is 12.6. The Labute approximate surface area is 156 Å². The topological polar surface area (TPSA) is 85.3 Å². The first-order valence-electron chi connectivity index (χ1n) is 7.87. The van der Waals surface area contributed by atoms with Gasteiger partial charge in [-0.3, -0.25) is 0 Å². The van der Waals surface area contributed by atoms with E-state index in [1.807, 2.05) is 13.0 Å². The molecule has 1 aliphatic heterocycles. The number of nitrogens with zero attached hydrogens (tertiary/aromatic N) is 1. The molecule has 0 spiro atoms. The Morgan fingerprint density at radius 1 is 1.40 bits per heavy atom. The summed E-state index contributed by atoms with van der Waals surface area (Å²) in [6.45, 7) is 3.86. The summed E-state index contributed by atoms with van der Waals surface area (Å²) < 4.78 is 10.8. The number of nitriles is 1. The Morgan fingerprint density at radius 2 is 2.12 bits per heavy atom. The highest BCUT2D eigenvalue weighted by Crippen LogP contribution is 2.43. The van der Waals surface area contributed by atoms with Gasteiger partial charge in [0.05, 0.1) is 18.1 Å². The monoisotopic (exact) mass is 380 g/mol. The SMILES string of the molecule is CCCC1=C(C(=O)OCC)[C@H](c2ccc(Cl)cc2Cl)C(C#N)=C(N)O1. The first kappa shape index (κ1) is 19.2. The standard InChI is InChI=1S/C18H18Cl2N2O3/c1-3-5-14-16(18(23)24-4-2)15(12(9-21)17(22)25-14)11-7-6-10(19)8-13(11)20/h6-8,15H,3-5,22H2,1-2H3/t15-/m1/s1. The number of hydrogen-bond donors (Lipinski definition) is 1. The van der Waals surface area contributed by atoms with Crippen molar-refractivity contribution in [2.24, 2.45) is 5.73 Å². The van der Waals surface area contributed by atoms with Gasteiger partial charge in [-0.2, -0.15) is 5.26 Å². The molecule has 5 nitrogen and oxygen atoms in total. The van der Waals surface area contributed by atoms with E-state index in [9.17, 15) is 10.1 Å². The molecule has 1 atom stereocenters. The van der Waals surface area contributed by atoms with Crippen molar-refractivity contribution >= 4 is 29.2 Å². The fourth-order valence-electron chi connectivity index (χ4n) is 2.71. The molecule has 1 aromatic rings. The number of carbonyl (C=O) groups is 1. The number of rotatable bonds is 5. The van der Waals surface area contributed by atoms with E-state index in [0.717, 1.165) is 6.42 Å². The zero-order valence-electron chi connectivity index (χ0n) is 13.9. The summed E-state index contributed by atoms with van der Waals surface area (Å²) in [6, 6.07) is 6.91. The van der Waals surface area contributed by atoms with E-state index in [1.54, 1.807) is 25.1 Å². The van der Waals surface area contributed by atoms with Crippen LogP contribution in [0.25, 0.3) is 0 Å². The van der Waals surface area contributed by atoms with Gasteiger partial charge in [-0.05, 0) is 31.0 Å². The van der Waals surface area contributed by atoms with E-state index < -0.39 is 11.9 Å². The van der Waals surface area contributed by atoms with Gasteiger partial charge < -0.3 is 15.2 Å².